The van der Waals surface area contributed by atoms with E-state index in [1.807, 2.05) is 6.07 Å². The van der Waals surface area contributed by atoms with Crippen molar-refractivity contribution in [2.24, 2.45) is 0 Å². The Hall–Kier alpha value is -0.990. The van der Waals surface area contributed by atoms with E-state index in [4.69, 9.17) is 21.1 Å². The van der Waals surface area contributed by atoms with Crippen LogP contribution in [0.5, 0.6) is 0 Å². The van der Waals surface area contributed by atoms with E-state index in [0.29, 0.717) is 10.6 Å². The first-order valence-electron chi connectivity index (χ1n) is 3.58. The summed E-state index contributed by atoms with van der Waals surface area (Å²) in [6.07, 6.45) is 1.54. The maximum Gasteiger partial charge on any atom is 0.135 e. The minimum absolute atomic E-state index is 0.00533. The molecule has 0 aliphatic rings. The molecule has 2 nitrogen and oxygen atoms in total. The number of aliphatic hydroxyl groups excluding tert-OH is 1. The topological polar surface area (TPSA) is 33.4 Å². The predicted molar refractivity (Wildman–Crippen MR) is 47.1 cm³/mol. The van der Waals surface area contributed by atoms with Crippen LogP contribution in [0.2, 0.25) is 5.02 Å². The number of rotatable bonds is 1. The molecule has 12 heavy (non-hydrogen) atoms. The highest BCUT2D eigenvalue weighted by molar-refractivity contribution is 6.31. The Bertz CT molecular complexity index is 406. The monoisotopic (exact) mass is 182 g/mol. The fraction of sp³-hybridized carbons (Fsp3) is 0.111. The van der Waals surface area contributed by atoms with Crippen molar-refractivity contribution in [2.45, 2.75) is 6.61 Å². The fourth-order valence-electron chi connectivity index (χ4n) is 1.18. The number of fused-ring (bicyclic) bond motifs is 1. The molecule has 3 heteroatoms. The van der Waals surface area contributed by atoms with E-state index in [1.54, 1.807) is 18.4 Å². The molecule has 0 unspecified atom stereocenters. The van der Waals surface area contributed by atoms with Crippen LogP contribution < -0.4 is 0 Å². The van der Waals surface area contributed by atoms with Crippen molar-refractivity contribution in [1.82, 2.24) is 0 Å². The Labute approximate surface area is 74.4 Å². The molecule has 1 heterocycles. The van der Waals surface area contributed by atoms with Gasteiger partial charge in [-0.25, -0.2) is 0 Å². The highest BCUT2D eigenvalue weighted by atomic mass is 35.5. The summed E-state index contributed by atoms with van der Waals surface area (Å²) < 4.78 is 5.18. The normalized spacial score (nSPS) is 10.8. The van der Waals surface area contributed by atoms with Crippen LogP contribution in [0.4, 0.5) is 0 Å². The third kappa shape index (κ3) is 1.09. The molecule has 0 spiro atoms. The summed E-state index contributed by atoms with van der Waals surface area (Å²) in [5, 5.41) is 10.5. The van der Waals surface area contributed by atoms with Crippen LogP contribution >= 0.6 is 11.6 Å². The first-order chi connectivity index (χ1) is 5.81. The third-order valence-electron chi connectivity index (χ3n) is 1.79. The van der Waals surface area contributed by atoms with Gasteiger partial charge in [0.1, 0.15) is 5.58 Å². The van der Waals surface area contributed by atoms with Crippen LogP contribution in [0.3, 0.4) is 0 Å². The summed E-state index contributed by atoms with van der Waals surface area (Å²) in [5.41, 5.74) is 1.51. The van der Waals surface area contributed by atoms with E-state index < -0.39 is 0 Å². The molecule has 0 saturated carbocycles. The Morgan fingerprint density at radius 3 is 3.00 bits per heavy atom. The summed E-state index contributed by atoms with van der Waals surface area (Å²) in [6.45, 7) is -0.00533. The maximum atomic E-state index is 8.90. The molecular weight excluding hydrogens is 176 g/mol. The molecule has 2 aromatic rings. The molecule has 0 atom stereocenters. The lowest BCUT2D eigenvalue weighted by atomic mass is 10.2. The molecule has 0 fully saturated rings. The largest absolute Gasteiger partial charge is 0.464 e. The molecule has 1 aromatic heterocycles. The maximum absolute atomic E-state index is 8.90. The standard InChI is InChI=1S/C9H7ClO2/c10-7-1-2-8-6(4-11)5-12-9(8)3-7/h1-3,5,11H,4H2. The lowest BCUT2D eigenvalue weighted by molar-refractivity contribution is 0.282. The summed E-state index contributed by atoms with van der Waals surface area (Å²) in [7, 11) is 0. The lowest BCUT2D eigenvalue weighted by Crippen LogP contribution is -1.77. The summed E-state index contributed by atoms with van der Waals surface area (Å²) >= 11 is 5.75. The van der Waals surface area contributed by atoms with E-state index >= 15 is 0 Å². The number of furan rings is 1. The lowest BCUT2D eigenvalue weighted by Gasteiger charge is -1.91. The Morgan fingerprint density at radius 2 is 2.25 bits per heavy atom. The zero-order valence-corrected chi connectivity index (χ0v) is 7.01. The van der Waals surface area contributed by atoms with Crippen molar-refractivity contribution >= 4 is 22.6 Å². The number of benzene rings is 1. The SMILES string of the molecule is OCc1coc2cc(Cl)ccc12. The zero-order chi connectivity index (χ0) is 8.55. The second-order valence-electron chi connectivity index (χ2n) is 2.56. The molecular formula is C9H7ClO2. The molecule has 1 aromatic carbocycles. The van der Waals surface area contributed by atoms with Crippen molar-refractivity contribution in [1.29, 1.82) is 0 Å². The minimum Gasteiger partial charge on any atom is -0.464 e. The summed E-state index contributed by atoms with van der Waals surface area (Å²) in [5.74, 6) is 0. The van der Waals surface area contributed by atoms with Gasteiger partial charge in [-0.15, -0.1) is 0 Å². The average molecular weight is 183 g/mol. The van der Waals surface area contributed by atoms with Gasteiger partial charge in [0.05, 0.1) is 12.9 Å². The molecule has 1 N–H and O–H groups in total. The first kappa shape index (κ1) is 7.65. The van der Waals surface area contributed by atoms with Crippen molar-refractivity contribution in [2.75, 3.05) is 0 Å². The van der Waals surface area contributed by atoms with Gasteiger partial charge in [-0.2, -0.15) is 0 Å². The van der Waals surface area contributed by atoms with Crippen molar-refractivity contribution in [3.05, 3.63) is 35.0 Å². The van der Waals surface area contributed by atoms with Crippen LogP contribution in [-0.2, 0) is 6.61 Å². The van der Waals surface area contributed by atoms with Crippen molar-refractivity contribution in [3.8, 4) is 0 Å². The van der Waals surface area contributed by atoms with Crippen LogP contribution in [-0.4, -0.2) is 5.11 Å². The first-order valence-corrected chi connectivity index (χ1v) is 3.95. The molecule has 2 rings (SSSR count). The number of hydrogen-bond donors (Lipinski definition) is 1. The molecule has 0 bridgehead atoms. The highest BCUT2D eigenvalue weighted by Gasteiger charge is 2.03. The quantitative estimate of drug-likeness (QED) is 0.736. The van der Waals surface area contributed by atoms with Gasteiger partial charge in [-0.3, -0.25) is 0 Å². The summed E-state index contributed by atoms with van der Waals surface area (Å²) in [4.78, 5) is 0. The molecule has 0 saturated heterocycles. The third-order valence-corrected chi connectivity index (χ3v) is 2.02. The smallest absolute Gasteiger partial charge is 0.135 e. The van der Waals surface area contributed by atoms with Crippen LogP contribution in [0.15, 0.2) is 28.9 Å². The van der Waals surface area contributed by atoms with Crippen molar-refractivity contribution < 1.29 is 9.52 Å². The van der Waals surface area contributed by atoms with Gasteiger partial charge in [-0.1, -0.05) is 11.6 Å². The van der Waals surface area contributed by atoms with Crippen LogP contribution in [0.1, 0.15) is 5.56 Å². The molecule has 0 amide bonds. The Balaban J connectivity index is 2.73. The Kier molecular flexibility index (Phi) is 1.79. The van der Waals surface area contributed by atoms with Gasteiger partial charge in [0, 0.05) is 16.0 Å². The Morgan fingerprint density at radius 1 is 1.42 bits per heavy atom. The highest BCUT2D eigenvalue weighted by Crippen LogP contribution is 2.24. The molecule has 62 valence electrons. The zero-order valence-electron chi connectivity index (χ0n) is 6.25. The van der Waals surface area contributed by atoms with Crippen LogP contribution in [0, 0.1) is 0 Å². The van der Waals surface area contributed by atoms with Gasteiger partial charge in [0.15, 0.2) is 0 Å². The van der Waals surface area contributed by atoms with E-state index in [1.165, 1.54) is 0 Å². The van der Waals surface area contributed by atoms with Gasteiger partial charge in [0.2, 0.25) is 0 Å². The number of halogens is 1. The fourth-order valence-corrected chi connectivity index (χ4v) is 1.34. The van der Waals surface area contributed by atoms with Crippen molar-refractivity contribution in [3.63, 3.8) is 0 Å². The predicted octanol–water partition coefficient (Wildman–Crippen LogP) is 2.58. The van der Waals surface area contributed by atoms with E-state index in [2.05, 4.69) is 0 Å². The second-order valence-corrected chi connectivity index (χ2v) is 3.00. The van der Waals surface area contributed by atoms with Gasteiger partial charge < -0.3 is 9.52 Å². The van der Waals surface area contributed by atoms with E-state index in [-0.39, 0.29) is 6.61 Å². The molecule has 0 aliphatic carbocycles. The van der Waals surface area contributed by atoms with E-state index in [0.717, 1.165) is 10.9 Å². The van der Waals surface area contributed by atoms with Crippen LogP contribution in [0.25, 0.3) is 11.0 Å². The van der Waals surface area contributed by atoms with Gasteiger partial charge in [0.25, 0.3) is 0 Å². The van der Waals surface area contributed by atoms with Gasteiger partial charge in [-0.05, 0) is 18.2 Å². The second kappa shape index (κ2) is 2.81. The summed E-state index contributed by atoms with van der Waals surface area (Å²) in [6, 6.07) is 5.35. The number of aliphatic hydroxyl groups is 1. The minimum atomic E-state index is -0.00533. The van der Waals surface area contributed by atoms with Gasteiger partial charge >= 0.3 is 0 Å². The van der Waals surface area contributed by atoms with E-state index in [9.17, 15) is 0 Å². The molecule has 0 aliphatic heterocycles. The molecule has 0 radical (unpaired) electrons. The average Bonchev–Trinajstić information content (AvgIpc) is 2.46. The number of hydrogen-bond acceptors (Lipinski definition) is 2.